The van der Waals surface area contributed by atoms with Crippen LogP contribution in [0.1, 0.15) is 45.6 Å². The van der Waals surface area contributed by atoms with E-state index < -0.39 is 0 Å². The highest BCUT2D eigenvalue weighted by atomic mass is 16.5. The highest BCUT2D eigenvalue weighted by Crippen LogP contribution is 2.07. The fourth-order valence-electron chi connectivity index (χ4n) is 1.62. The summed E-state index contributed by atoms with van der Waals surface area (Å²) in [6.07, 6.45) is 3.39. The summed E-state index contributed by atoms with van der Waals surface area (Å²) in [5, 5.41) is 0. The Kier molecular flexibility index (Phi) is 7.90. The molecular weight excluding hydrogens is 200 g/mol. The Morgan fingerprint density at radius 1 is 1.38 bits per heavy atom. The van der Waals surface area contributed by atoms with Crippen LogP contribution < -0.4 is 4.57 Å². The van der Waals surface area contributed by atoms with E-state index in [1.807, 2.05) is 13.8 Å². The minimum atomic E-state index is 0.754. The molecule has 0 bridgehead atoms. The van der Waals surface area contributed by atoms with Crippen LogP contribution in [0.5, 0.6) is 0 Å². The lowest BCUT2D eigenvalue weighted by Crippen LogP contribution is -2.35. The van der Waals surface area contributed by atoms with Crippen molar-refractivity contribution in [2.45, 2.75) is 54.2 Å². The zero-order valence-electron chi connectivity index (χ0n) is 11.7. The molecule has 3 nitrogen and oxygen atoms in total. The minimum Gasteiger partial charge on any atom is -0.365 e. The van der Waals surface area contributed by atoms with Gasteiger partial charge in [-0.25, -0.2) is 9.13 Å². The molecule has 0 aliphatic carbocycles. The van der Waals surface area contributed by atoms with Gasteiger partial charge in [-0.2, -0.15) is 0 Å². The van der Waals surface area contributed by atoms with E-state index in [1.165, 1.54) is 17.9 Å². The van der Waals surface area contributed by atoms with Crippen molar-refractivity contribution >= 4 is 0 Å². The lowest BCUT2D eigenvalue weighted by molar-refractivity contribution is -0.681. The van der Waals surface area contributed by atoms with Gasteiger partial charge in [-0.05, 0) is 0 Å². The van der Waals surface area contributed by atoms with Crippen molar-refractivity contribution in [3.8, 4) is 0 Å². The van der Waals surface area contributed by atoms with E-state index in [4.69, 9.17) is 4.74 Å². The molecule has 0 amide bonds. The largest absolute Gasteiger partial charge is 0.365 e. The number of fused-ring (bicyclic) bond motifs is 1. The van der Waals surface area contributed by atoms with Crippen LogP contribution in [0.2, 0.25) is 0 Å². The average molecular weight is 227 g/mol. The van der Waals surface area contributed by atoms with E-state index in [-0.39, 0.29) is 0 Å². The van der Waals surface area contributed by atoms with Crippen molar-refractivity contribution in [1.29, 1.82) is 0 Å². The number of aryl methyl sites for hydroxylation is 2. The van der Waals surface area contributed by atoms with Crippen LogP contribution in [0.3, 0.4) is 0 Å². The van der Waals surface area contributed by atoms with Gasteiger partial charge in [-0.15, -0.1) is 0 Å². The molecule has 0 fully saturated rings. The van der Waals surface area contributed by atoms with Gasteiger partial charge in [0.25, 0.3) is 5.82 Å². The Hall–Kier alpha value is -0.830. The third-order valence-electron chi connectivity index (χ3n) is 2.22. The maximum atomic E-state index is 5.35. The molecule has 0 saturated heterocycles. The maximum absolute atomic E-state index is 5.35. The first-order valence-corrected chi connectivity index (χ1v) is 6.33. The standard InChI is InChI=1S/C8H13N2O.C3H8.C2H6/c1-7-5-9(2)8-6-11-4-3-10(7)8;1-3-2;1-2/h5H,3-4,6H2,1-2H3;3H2,1-2H3;1-2H3/q+1;;. The molecule has 0 unspecified atom stereocenters. The van der Waals surface area contributed by atoms with Gasteiger partial charge in [0.2, 0.25) is 0 Å². The second-order valence-electron chi connectivity index (χ2n) is 3.71. The van der Waals surface area contributed by atoms with E-state index in [9.17, 15) is 0 Å². The highest BCUT2D eigenvalue weighted by molar-refractivity contribution is 4.96. The van der Waals surface area contributed by atoms with Gasteiger partial charge in [0, 0.05) is 6.92 Å². The molecule has 94 valence electrons. The summed E-state index contributed by atoms with van der Waals surface area (Å²) >= 11 is 0. The van der Waals surface area contributed by atoms with Crippen molar-refractivity contribution in [1.82, 2.24) is 4.57 Å². The Balaban J connectivity index is 0.000000394. The zero-order valence-corrected chi connectivity index (χ0v) is 11.7. The summed E-state index contributed by atoms with van der Waals surface area (Å²) < 4.78 is 9.79. The Morgan fingerprint density at radius 3 is 2.44 bits per heavy atom. The molecule has 0 spiro atoms. The summed E-state index contributed by atoms with van der Waals surface area (Å²) in [6, 6.07) is 0. The summed E-state index contributed by atoms with van der Waals surface area (Å²) in [6.45, 7) is 13.0. The Labute approximate surface area is 100 Å². The lowest BCUT2D eigenvalue weighted by Gasteiger charge is -2.09. The molecule has 1 aromatic rings. The number of imidazole rings is 1. The van der Waals surface area contributed by atoms with Gasteiger partial charge in [0.15, 0.2) is 0 Å². The topological polar surface area (TPSA) is 18.0 Å². The van der Waals surface area contributed by atoms with Crippen LogP contribution >= 0.6 is 0 Å². The molecule has 1 aromatic heterocycles. The number of nitrogens with zero attached hydrogens (tertiary/aromatic N) is 2. The lowest BCUT2D eigenvalue weighted by atomic mass is 10.4. The van der Waals surface area contributed by atoms with Crippen LogP contribution in [-0.4, -0.2) is 11.2 Å². The average Bonchev–Trinajstić information content (AvgIpc) is 2.60. The van der Waals surface area contributed by atoms with Crippen LogP contribution in [0, 0.1) is 6.92 Å². The van der Waals surface area contributed by atoms with Crippen molar-refractivity contribution in [3.63, 3.8) is 0 Å². The molecule has 0 aromatic carbocycles. The smallest absolute Gasteiger partial charge is 0.282 e. The summed E-state index contributed by atoms with van der Waals surface area (Å²) in [4.78, 5) is 0. The summed E-state index contributed by atoms with van der Waals surface area (Å²) in [5.74, 6) is 1.27. The van der Waals surface area contributed by atoms with Crippen LogP contribution in [0.15, 0.2) is 6.20 Å². The second-order valence-corrected chi connectivity index (χ2v) is 3.71. The third kappa shape index (κ3) is 3.97. The quantitative estimate of drug-likeness (QED) is 0.623. The van der Waals surface area contributed by atoms with Crippen molar-refractivity contribution in [2.24, 2.45) is 7.05 Å². The summed E-state index contributed by atoms with van der Waals surface area (Å²) in [7, 11) is 2.06. The van der Waals surface area contributed by atoms with Crippen LogP contribution in [0.25, 0.3) is 0 Å². The highest BCUT2D eigenvalue weighted by Gasteiger charge is 2.21. The van der Waals surface area contributed by atoms with Gasteiger partial charge in [-0.3, -0.25) is 0 Å². The number of hydrogen-bond acceptors (Lipinski definition) is 1. The minimum absolute atomic E-state index is 0.754. The fraction of sp³-hybridized carbons (Fsp3) is 0.769. The van der Waals surface area contributed by atoms with Gasteiger partial charge >= 0.3 is 0 Å². The number of rotatable bonds is 0. The molecule has 2 heterocycles. The first-order valence-electron chi connectivity index (χ1n) is 6.33. The van der Waals surface area contributed by atoms with E-state index in [2.05, 4.69) is 43.1 Å². The number of aromatic nitrogens is 2. The molecule has 0 saturated carbocycles. The molecule has 3 heteroatoms. The molecule has 0 radical (unpaired) electrons. The first kappa shape index (κ1) is 15.2. The molecule has 0 N–H and O–H groups in total. The SMILES string of the molecule is CC.CCC.Cc1c[n+](C)c2n1CCOC2. The molecule has 16 heavy (non-hydrogen) atoms. The van der Waals surface area contributed by atoms with Crippen molar-refractivity contribution in [3.05, 3.63) is 17.7 Å². The van der Waals surface area contributed by atoms with Crippen molar-refractivity contribution < 1.29 is 9.30 Å². The van der Waals surface area contributed by atoms with E-state index in [0.717, 1.165) is 19.8 Å². The Morgan fingerprint density at radius 2 is 1.94 bits per heavy atom. The monoisotopic (exact) mass is 227 g/mol. The van der Waals surface area contributed by atoms with E-state index >= 15 is 0 Å². The van der Waals surface area contributed by atoms with Gasteiger partial charge < -0.3 is 4.74 Å². The molecular formula is C13H27N2O+. The predicted molar refractivity (Wildman–Crippen MR) is 67.3 cm³/mol. The van der Waals surface area contributed by atoms with Gasteiger partial charge in [0.05, 0.1) is 13.7 Å². The van der Waals surface area contributed by atoms with Gasteiger partial charge in [-0.1, -0.05) is 34.1 Å². The Bertz CT molecular complexity index is 266. The number of hydrogen-bond donors (Lipinski definition) is 0. The molecule has 1 aliphatic heterocycles. The predicted octanol–water partition coefficient (Wildman–Crippen LogP) is 2.59. The second kappa shape index (κ2) is 8.34. The molecule has 0 atom stereocenters. The normalized spacial score (nSPS) is 12.9. The first-order chi connectivity index (χ1) is 7.70. The molecule has 1 aliphatic rings. The van der Waals surface area contributed by atoms with Crippen molar-refractivity contribution in [2.75, 3.05) is 6.61 Å². The fourth-order valence-corrected chi connectivity index (χ4v) is 1.62. The van der Waals surface area contributed by atoms with Crippen LogP contribution in [-0.2, 0) is 24.9 Å². The zero-order chi connectivity index (χ0) is 12.6. The van der Waals surface area contributed by atoms with Gasteiger partial charge in [0.1, 0.15) is 25.0 Å². The van der Waals surface area contributed by atoms with Crippen LogP contribution in [0.4, 0.5) is 0 Å². The van der Waals surface area contributed by atoms with E-state index in [0.29, 0.717) is 0 Å². The number of ether oxygens (including phenoxy) is 1. The summed E-state index contributed by atoms with van der Waals surface area (Å²) in [5.41, 5.74) is 1.32. The molecule has 2 rings (SSSR count). The van der Waals surface area contributed by atoms with E-state index in [1.54, 1.807) is 0 Å². The maximum Gasteiger partial charge on any atom is 0.282 e. The third-order valence-corrected chi connectivity index (χ3v) is 2.22.